The Morgan fingerprint density at radius 2 is 1.50 bits per heavy atom. The maximum Gasteiger partial charge on any atom is 0.243 e. The SMILES string of the molecule is CCCC(C)Nc1nc(N(Cc2ccc(OC)cc2OC)Cc2ccc(OC)cc2OC)c2nccn2n1. The quantitative estimate of drug-likeness (QED) is 0.262. The van der Waals surface area contributed by atoms with Crippen molar-refractivity contribution >= 4 is 17.4 Å². The van der Waals surface area contributed by atoms with Crippen LogP contribution in [0, 0.1) is 0 Å². The Kier molecular flexibility index (Phi) is 8.73. The molecule has 2 heterocycles. The Balaban J connectivity index is 1.81. The summed E-state index contributed by atoms with van der Waals surface area (Å²) in [6.07, 6.45) is 5.63. The smallest absolute Gasteiger partial charge is 0.243 e. The number of ether oxygens (including phenoxy) is 4. The number of imidazole rings is 1. The van der Waals surface area contributed by atoms with Gasteiger partial charge in [-0.1, -0.05) is 13.3 Å². The van der Waals surface area contributed by atoms with Crippen LogP contribution in [-0.4, -0.2) is 54.1 Å². The fourth-order valence-corrected chi connectivity index (χ4v) is 4.39. The lowest BCUT2D eigenvalue weighted by molar-refractivity contribution is 0.389. The van der Waals surface area contributed by atoms with E-state index < -0.39 is 0 Å². The first-order chi connectivity index (χ1) is 18.5. The lowest BCUT2D eigenvalue weighted by atomic mass is 10.1. The minimum atomic E-state index is 0.227. The molecule has 4 rings (SSSR count). The fraction of sp³-hybridized carbons (Fsp3) is 0.393. The molecular formula is C28H36N6O4. The summed E-state index contributed by atoms with van der Waals surface area (Å²) in [5, 5.41) is 8.09. The number of rotatable bonds is 13. The largest absolute Gasteiger partial charge is 0.497 e. The van der Waals surface area contributed by atoms with Crippen LogP contribution in [0.5, 0.6) is 23.0 Å². The van der Waals surface area contributed by atoms with E-state index in [4.69, 9.17) is 23.9 Å². The normalized spacial score (nSPS) is 11.7. The number of benzene rings is 2. The van der Waals surface area contributed by atoms with Gasteiger partial charge in [0.05, 0.1) is 28.4 Å². The first kappa shape index (κ1) is 26.8. The molecule has 2 aromatic heterocycles. The van der Waals surface area contributed by atoms with Crippen molar-refractivity contribution in [2.45, 2.75) is 45.8 Å². The highest BCUT2D eigenvalue weighted by Crippen LogP contribution is 2.32. The van der Waals surface area contributed by atoms with E-state index in [1.807, 2.05) is 42.6 Å². The summed E-state index contributed by atoms with van der Waals surface area (Å²) in [5.74, 6) is 4.12. The molecule has 38 heavy (non-hydrogen) atoms. The summed E-state index contributed by atoms with van der Waals surface area (Å²) in [6, 6.07) is 11.8. The predicted octanol–water partition coefficient (Wildman–Crippen LogP) is 4.97. The summed E-state index contributed by atoms with van der Waals surface area (Å²) in [7, 11) is 6.59. The second-order valence-electron chi connectivity index (χ2n) is 9.00. The molecule has 0 bridgehead atoms. The van der Waals surface area contributed by atoms with Gasteiger partial charge < -0.3 is 29.2 Å². The van der Waals surface area contributed by atoms with Gasteiger partial charge in [-0.2, -0.15) is 4.98 Å². The van der Waals surface area contributed by atoms with E-state index in [2.05, 4.69) is 34.1 Å². The van der Waals surface area contributed by atoms with Crippen molar-refractivity contribution in [1.82, 2.24) is 19.6 Å². The zero-order valence-electron chi connectivity index (χ0n) is 22.9. The zero-order chi connectivity index (χ0) is 27.1. The van der Waals surface area contributed by atoms with Gasteiger partial charge in [-0.3, -0.25) is 0 Å². The average molecular weight is 521 g/mol. The molecule has 0 spiro atoms. The lowest BCUT2D eigenvalue weighted by Crippen LogP contribution is -2.26. The van der Waals surface area contributed by atoms with Gasteiger partial charge in [-0.25, -0.2) is 9.50 Å². The minimum absolute atomic E-state index is 0.227. The minimum Gasteiger partial charge on any atom is -0.497 e. The third kappa shape index (κ3) is 6.01. The molecule has 10 heteroatoms. The van der Waals surface area contributed by atoms with Crippen LogP contribution in [0.4, 0.5) is 11.8 Å². The molecule has 2 aromatic carbocycles. The first-order valence-electron chi connectivity index (χ1n) is 12.6. The van der Waals surface area contributed by atoms with Crippen LogP contribution in [0.2, 0.25) is 0 Å². The Morgan fingerprint density at radius 3 is 2.03 bits per heavy atom. The molecule has 1 unspecified atom stereocenters. The second kappa shape index (κ2) is 12.4. The van der Waals surface area contributed by atoms with E-state index in [0.29, 0.717) is 30.5 Å². The Labute approximate surface area is 223 Å². The van der Waals surface area contributed by atoms with Gasteiger partial charge >= 0.3 is 0 Å². The van der Waals surface area contributed by atoms with Gasteiger partial charge in [0.1, 0.15) is 23.0 Å². The van der Waals surface area contributed by atoms with Crippen molar-refractivity contribution in [2.75, 3.05) is 38.7 Å². The highest BCUT2D eigenvalue weighted by molar-refractivity contribution is 5.66. The van der Waals surface area contributed by atoms with Gasteiger partial charge in [0.25, 0.3) is 0 Å². The zero-order valence-corrected chi connectivity index (χ0v) is 22.9. The second-order valence-corrected chi connectivity index (χ2v) is 9.00. The van der Waals surface area contributed by atoms with Crippen LogP contribution in [0.1, 0.15) is 37.8 Å². The summed E-state index contributed by atoms with van der Waals surface area (Å²) >= 11 is 0. The number of nitrogens with one attached hydrogen (secondary N) is 1. The molecule has 202 valence electrons. The maximum atomic E-state index is 5.71. The molecule has 0 saturated carbocycles. The summed E-state index contributed by atoms with van der Waals surface area (Å²) in [4.78, 5) is 11.7. The molecule has 10 nitrogen and oxygen atoms in total. The molecule has 1 atom stereocenters. The van der Waals surface area contributed by atoms with E-state index in [1.54, 1.807) is 39.2 Å². The van der Waals surface area contributed by atoms with Gasteiger partial charge in [0.2, 0.25) is 5.95 Å². The number of nitrogens with zero attached hydrogens (tertiary/aromatic N) is 5. The summed E-state index contributed by atoms with van der Waals surface area (Å²) in [5.41, 5.74) is 2.59. The van der Waals surface area contributed by atoms with Crippen LogP contribution >= 0.6 is 0 Å². The van der Waals surface area contributed by atoms with Gasteiger partial charge in [-0.15, -0.1) is 5.10 Å². The first-order valence-corrected chi connectivity index (χ1v) is 12.6. The van der Waals surface area contributed by atoms with Crippen molar-refractivity contribution in [3.05, 3.63) is 59.9 Å². The molecule has 1 N–H and O–H groups in total. The molecule has 0 fully saturated rings. The van der Waals surface area contributed by atoms with Crippen molar-refractivity contribution in [2.24, 2.45) is 0 Å². The van der Waals surface area contributed by atoms with E-state index in [0.717, 1.165) is 47.0 Å². The molecule has 0 aliphatic heterocycles. The van der Waals surface area contributed by atoms with Crippen LogP contribution in [0.3, 0.4) is 0 Å². The van der Waals surface area contributed by atoms with Crippen LogP contribution in [0.15, 0.2) is 48.8 Å². The highest BCUT2D eigenvalue weighted by Gasteiger charge is 2.21. The fourth-order valence-electron chi connectivity index (χ4n) is 4.39. The Morgan fingerprint density at radius 1 is 0.895 bits per heavy atom. The monoisotopic (exact) mass is 520 g/mol. The molecule has 0 aliphatic rings. The topological polar surface area (TPSA) is 95.3 Å². The standard InChI is InChI=1S/C28H36N6O4/c1-7-8-19(2)30-28-31-27(26-29-13-14-34(26)32-28)33(17-20-9-11-22(35-3)15-24(20)37-5)18-21-10-12-23(36-4)16-25(21)38-6/h9-16,19H,7-8,17-18H2,1-6H3,(H,30,32). The van der Waals surface area contributed by atoms with Crippen LogP contribution in [-0.2, 0) is 13.1 Å². The van der Waals surface area contributed by atoms with Gasteiger partial charge in [0, 0.05) is 54.8 Å². The van der Waals surface area contributed by atoms with E-state index in [1.165, 1.54) is 0 Å². The Hall–Kier alpha value is -4.21. The van der Waals surface area contributed by atoms with E-state index in [-0.39, 0.29) is 6.04 Å². The maximum absolute atomic E-state index is 5.71. The molecule has 0 saturated heterocycles. The number of fused-ring (bicyclic) bond motifs is 1. The third-order valence-corrected chi connectivity index (χ3v) is 6.34. The van der Waals surface area contributed by atoms with E-state index >= 15 is 0 Å². The number of hydrogen-bond acceptors (Lipinski definition) is 9. The summed E-state index contributed by atoms with van der Waals surface area (Å²) in [6.45, 7) is 5.28. The van der Waals surface area contributed by atoms with Crippen molar-refractivity contribution in [3.63, 3.8) is 0 Å². The molecule has 0 amide bonds. The van der Waals surface area contributed by atoms with Crippen molar-refractivity contribution < 1.29 is 18.9 Å². The molecule has 0 aliphatic carbocycles. The van der Waals surface area contributed by atoms with Crippen LogP contribution in [0.25, 0.3) is 5.65 Å². The molecular weight excluding hydrogens is 484 g/mol. The lowest BCUT2D eigenvalue weighted by Gasteiger charge is -2.27. The average Bonchev–Trinajstić information content (AvgIpc) is 3.41. The highest BCUT2D eigenvalue weighted by atomic mass is 16.5. The van der Waals surface area contributed by atoms with Crippen molar-refractivity contribution in [3.8, 4) is 23.0 Å². The van der Waals surface area contributed by atoms with Crippen molar-refractivity contribution in [1.29, 1.82) is 0 Å². The molecule has 4 aromatic rings. The number of aromatic nitrogens is 4. The van der Waals surface area contributed by atoms with Gasteiger partial charge in [0.15, 0.2) is 11.5 Å². The third-order valence-electron chi connectivity index (χ3n) is 6.34. The van der Waals surface area contributed by atoms with Gasteiger partial charge in [-0.05, 0) is 37.6 Å². The Bertz CT molecular complexity index is 1300. The van der Waals surface area contributed by atoms with Crippen LogP contribution < -0.4 is 29.2 Å². The molecule has 0 radical (unpaired) electrons. The number of methoxy groups -OCH3 is 4. The number of anilines is 2. The van der Waals surface area contributed by atoms with E-state index in [9.17, 15) is 0 Å². The number of hydrogen-bond donors (Lipinski definition) is 1. The predicted molar refractivity (Wildman–Crippen MR) is 148 cm³/mol. The summed E-state index contributed by atoms with van der Waals surface area (Å²) < 4.78 is 24.0.